The minimum Gasteiger partial charge on any atom is -0.338 e. The maximum Gasteiger partial charge on any atom is 0.267 e. The molecule has 1 amide bonds. The highest BCUT2D eigenvalue weighted by atomic mass is 35.5. The van der Waals surface area contributed by atoms with Crippen molar-refractivity contribution in [3.05, 3.63) is 63.9 Å². The molecule has 1 saturated heterocycles. The summed E-state index contributed by atoms with van der Waals surface area (Å²) in [6.45, 7) is 2.70. The first kappa shape index (κ1) is 19.0. The molecule has 2 aromatic carbocycles. The van der Waals surface area contributed by atoms with Crippen molar-refractivity contribution in [2.24, 2.45) is 0 Å². The fourth-order valence-corrected chi connectivity index (χ4v) is 5.21. The summed E-state index contributed by atoms with van der Waals surface area (Å²) in [7, 11) is -4.00. The van der Waals surface area contributed by atoms with E-state index in [2.05, 4.69) is 0 Å². The third kappa shape index (κ3) is 3.08. The molecule has 0 saturated carbocycles. The SMILES string of the molecule is Cc1cc(N2C=C(C(=O)N3CCCC3)S(=O)(=O)c3ccc(Cl)cc32)ccc1F. The van der Waals surface area contributed by atoms with Gasteiger partial charge in [-0.05, 0) is 61.7 Å². The number of amides is 1. The number of nitrogens with zero attached hydrogens (tertiary/aromatic N) is 2. The van der Waals surface area contributed by atoms with Crippen LogP contribution in [0.25, 0.3) is 0 Å². The van der Waals surface area contributed by atoms with Crippen LogP contribution in [0.4, 0.5) is 15.8 Å². The molecule has 5 nitrogen and oxygen atoms in total. The number of carbonyl (C=O) groups is 1. The smallest absolute Gasteiger partial charge is 0.267 e. The van der Waals surface area contributed by atoms with Crippen LogP contribution >= 0.6 is 11.6 Å². The highest BCUT2D eigenvalue weighted by Crippen LogP contribution is 2.41. The Bertz CT molecular complexity index is 1110. The van der Waals surface area contributed by atoms with Crippen LogP contribution in [-0.2, 0) is 14.6 Å². The summed E-state index contributed by atoms with van der Waals surface area (Å²) in [5, 5.41) is 0.362. The molecule has 0 atom stereocenters. The van der Waals surface area contributed by atoms with Crippen molar-refractivity contribution >= 4 is 38.7 Å². The van der Waals surface area contributed by atoms with E-state index in [0.717, 1.165) is 12.8 Å². The number of fused-ring (bicyclic) bond motifs is 1. The zero-order valence-electron chi connectivity index (χ0n) is 15.2. The molecular weight excluding hydrogens is 403 g/mol. The second-order valence-electron chi connectivity index (χ2n) is 6.91. The predicted molar refractivity (Wildman–Crippen MR) is 106 cm³/mol. The van der Waals surface area contributed by atoms with Gasteiger partial charge in [0, 0.05) is 30.0 Å². The number of benzene rings is 2. The predicted octanol–water partition coefficient (Wildman–Crippen LogP) is 4.18. The highest BCUT2D eigenvalue weighted by molar-refractivity contribution is 7.96. The summed E-state index contributed by atoms with van der Waals surface area (Å²) >= 11 is 6.10. The van der Waals surface area contributed by atoms with Crippen LogP contribution in [-0.4, -0.2) is 32.3 Å². The molecule has 0 N–H and O–H groups in total. The van der Waals surface area contributed by atoms with E-state index in [1.165, 1.54) is 30.5 Å². The molecule has 1 fully saturated rings. The van der Waals surface area contributed by atoms with Crippen LogP contribution in [0.5, 0.6) is 0 Å². The molecule has 8 heteroatoms. The fraction of sp³-hybridized carbons (Fsp3) is 0.250. The Morgan fingerprint density at radius 1 is 1.11 bits per heavy atom. The summed E-state index contributed by atoms with van der Waals surface area (Å²) in [6, 6.07) is 8.87. The van der Waals surface area contributed by atoms with Gasteiger partial charge in [0.25, 0.3) is 5.91 Å². The van der Waals surface area contributed by atoms with E-state index in [1.807, 2.05) is 0 Å². The molecule has 28 heavy (non-hydrogen) atoms. The standard InChI is InChI=1S/C20H18ClFN2O3S/c1-13-10-15(5-6-16(13)22)24-12-19(20(25)23-8-2-3-9-23)28(26,27)18-7-4-14(21)11-17(18)24/h4-7,10-12H,2-3,8-9H2,1H3. The van der Waals surface area contributed by atoms with Gasteiger partial charge in [0.05, 0.1) is 10.6 Å². The van der Waals surface area contributed by atoms with Crippen molar-refractivity contribution < 1.29 is 17.6 Å². The van der Waals surface area contributed by atoms with Crippen LogP contribution in [0.15, 0.2) is 52.4 Å². The zero-order valence-corrected chi connectivity index (χ0v) is 16.7. The first-order valence-electron chi connectivity index (χ1n) is 8.90. The van der Waals surface area contributed by atoms with Crippen LogP contribution in [0.3, 0.4) is 0 Å². The van der Waals surface area contributed by atoms with Gasteiger partial charge >= 0.3 is 0 Å². The van der Waals surface area contributed by atoms with Gasteiger partial charge in [-0.3, -0.25) is 4.79 Å². The molecule has 0 bridgehead atoms. The molecule has 2 aromatic rings. The Kier molecular flexibility index (Phi) is 4.67. The van der Waals surface area contributed by atoms with Gasteiger partial charge < -0.3 is 9.80 Å². The second kappa shape index (κ2) is 6.90. The van der Waals surface area contributed by atoms with E-state index in [1.54, 1.807) is 28.9 Å². The van der Waals surface area contributed by atoms with Gasteiger partial charge in [0.1, 0.15) is 5.82 Å². The number of rotatable bonds is 2. The lowest BCUT2D eigenvalue weighted by Crippen LogP contribution is -2.35. The molecule has 0 aliphatic carbocycles. The number of hydrogen-bond acceptors (Lipinski definition) is 4. The highest BCUT2D eigenvalue weighted by Gasteiger charge is 2.38. The number of likely N-dealkylation sites (tertiary alicyclic amines) is 1. The second-order valence-corrected chi connectivity index (χ2v) is 9.23. The molecule has 0 radical (unpaired) electrons. The minimum absolute atomic E-state index is 0.00363. The Morgan fingerprint density at radius 3 is 2.50 bits per heavy atom. The van der Waals surface area contributed by atoms with Gasteiger partial charge in [-0.1, -0.05) is 11.6 Å². The Hall–Kier alpha value is -2.38. The van der Waals surface area contributed by atoms with Gasteiger partial charge in [0.15, 0.2) is 4.91 Å². The fourth-order valence-electron chi connectivity index (χ4n) is 3.52. The minimum atomic E-state index is -4.00. The molecule has 2 aliphatic heterocycles. The molecular formula is C20H18ClFN2O3S. The van der Waals surface area contributed by atoms with E-state index in [9.17, 15) is 17.6 Å². The van der Waals surface area contributed by atoms with Crippen LogP contribution in [0, 0.1) is 12.7 Å². The number of halogens is 2. The van der Waals surface area contributed by atoms with Gasteiger partial charge in [0.2, 0.25) is 9.84 Å². The quantitative estimate of drug-likeness (QED) is 0.731. The van der Waals surface area contributed by atoms with Crippen LogP contribution < -0.4 is 4.90 Å². The first-order chi connectivity index (χ1) is 13.3. The van der Waals surface area contributed by atoms with Crippen molar-refractivity contribution in [1.82, 2.24) is 4.90 Å². The van der Waals surface area contributed by atoms with E-state index in [4.69, 9.17) is 11.6 Å². The van der Waals surface area contributed by atoms with Crippen molar-refractivity contribution in [3.8, 4) is 0 Å². The Balaban J connectivity index is 1.91. The summed E-state index contributed by atoms with van der Waals surface area (Å²) in [5.74, 6) is -0.876. The summed E-state index contributed by atoms with van der Waals surface area (Å²) in [6.07, 6.45) is 3.03. The van der Waals surface area contributed by atoms with Gasteiger partial charge in [-0.25, -0.2) is 12.8 Å². The lowest BCUT2D eigenvalue weighted by Gasteiger charge is -2.30. The summed E-state index contributed by atoms with van der Waals surface area (Å²) < 4.78 is 40.1. The summed E-state index contributed by atoms with van der Waals surface area (Å²) in [5.41, 5.74) is 1.29. The van der Waals surface area contributed by atoms with E-state index >= 15 is 0 Å². The average Bonchev–Trinajstić information content (AvgIpc) is 3.18. The van der Waals surface area contributed by atoms with Crippen LogP contribution in [0.2, 0.25) is 5.02 Å². The molecule has 0 spiro atoms. The zero-order chi connectivity index (χ0) is 20.1. The Morgan fingerprint density at radius 2 is 1.82 bits per heavy atom. The third-order valence-corrected chi connectivity index (χ3v) is 7.05. The average molecular weight is 421 g/mol. The number of hydrogen-bond donors (Lipinski definition) is 0. The number of aryl methyl sites for hydroxylation is 1. The molecule has 2 heterocycles. The van der Waals surface area contributed by atoms with Crippen molar-refractivity contribution in [1.29, 1.82) is 0 Å². The monoisotopic (exact) mass is 420 g/mol. The third-order valence-electron chi connectivity index (χ3n) is 5.03. The van der Waals surface area contributed by atoms with Crippen molar-refractivity contribution in [3.63, 3.8) is 0 Å². The normalized spacial score (nSPS) is 18.0. The molecule has 0 unspecified atom stereocenters. The number of anilines is 2. The maximum absolute atomic E-state index is 13.7. The van der Waals surface area contributed by atoms with E-state index in [-0.39, 0.29) is 15.6 Å². The van der Waals surface area contributed by atoms with E-state index < -0.39 is 15.7 Å². The first-order valence-corrected chi connectivity index (χ1v) is 10.8. The topological polar surface area (TPSA) is 57.7 Å². The maximum atomic E-state index is 13.7. The lowest BCUT2D eigenvalue weighted by molar-refractivity contribution is -0.125. The van der Waals surface area contributed by atoms with Crippen molar-refractivity contribution in [2.45, 2.75) is 24.7 Å². The molecule has 0 aromatic heterocycles. The molecule has 2 aliphatic rings. The summed E-state index contributed by atoms with van der Waals surface area (Å²) in [4.78, 5) is 15.8. The number of sulfone groups is 1. The van der Waals surface area contributed by atoms with E-state index in [0.29, 0.717) is 35.1 Å². The van der Waals surface area contributed by atoms with Crippen molar-refractivity contribution in [2.75, 3.05) is 18.0 Å². The van der Waals surface area contributed by atoms with Crippen LogP contribution in [0.1, 0.15) is 18.4 Å². The van der Waals surface area contributed by atoms with Gasteiger partial charge in [-0.15, -0.1) is 0 Å². The molecule has 4 rings (SSSR count). The Labute approximate surface area is 167 Å². The molecule has 146 valence electrons. The lowest BCUT2D eigenvalue weighted by atomic mass is 10.1. The number of carbonyl (C=O) groups excluding carboxylic acids is 1. The van der Waals surface area contributed by atoms with Gasteiger partial charge in [-0.2, -0.15) is 0 Å². The largest absolute Gasteiger partial charge is 0.338 e.